The Morgan fingerprint density at radius 3 is 2.71 bits per heavy atom. The third kappa shape index (κ3) is 5.04. The van der Waals surface area contributed by atoms with E-state index in [-0.39, 0.29) is 0 Å². The van der Waals surface area contributed by atoms with Crippen molar-refractivity contribution in [2.24, 2.45) is 5.92 Å². The summed E-state index contributed by atoms with van der Waals surface area (Å²) >= 11 is 1.79. The fourth-order valence-electron chi connectivity index (χ4n) is 1.53. The van der Waals surface area contributed by atoms with E-state index in [9.17, 15) is 0 Å². The molecule has 4 heteroatoms. The molecule has 0 aliphatic heterocycles. The molecule has 0 fully saturated rings. The Kier molecular flexibility index (Phi) is 5.92. The van der Waals surface area contributed by atoms with Gasteiger partial charge in [0.25, 0.3) is 0 Å². The van der Waals surface area contributed by atoms with E-state index in [1.165, 1.54) is 11.3 Å². The van der Waals surface area contributed by atoms with Gasteiger partial charge in [0.05, 0.1) is 0 Å². The zero-order chi connectivity index (χ0) is 12.8. The smallest absolute Gasteiger partial charge is 0.185 e. The van der Waals surface area contributed by atoms with Crippen molar-refractivity contribution < 1.29 is 0 Å². The molecule has 0 radical (unpaired) electrons. The molecule has 0 saturated heterocycles. The van der Waals surface area contributed by atoms with Gasteiger partial charge in [-0.1, -0.05) is 34.1 Å². The molecule has 1 aromatic rings. The molecule has 1 heterocycles. The molecule has 1 aromatic heterocycles. The van der Waals surface area contributed by atoms with Crippen LogP contribution in [-0.4, -0.2) is 24.6 Å². The molecule has 0 aliphatic carbocycles. The molecule has 0 aliphatic rings. The van der Waals surface area contributed by atoms with E-state index < -0.39 is 0 Å². The fourth-order valence-corrected chi connectivity index (χ4v) is 2.37. The van der Waals surface area contributed by atoms with Gasteiger partial charge in [0.1, 0.15) is 0 Å². The van der Waals surface area contributed by atoms with Crippen molar-refractivity contribution in [2.45, 2.75) is 46.7 Å². The maximum Gasteiger partial charge on any atom is 0.185 e. The Balaban J connectivity index is 2.49. The first kappa shape index (κ1) is 14.5. The maximum absolute atomic E-state index is 4.49. The summed E-state index contributed by atoms with van der Waals surface area (Å²) in [7, 11) is 2.13. The summed E-state index contributed by atoms with van der Waals surface area (Å²) in [5.41, 5.74) is 0. The first-order valence-corrected chi connectivity index (χ1v) is 7.23. The van der Waals surface area contributed by atoms with Gasteiger partial charge in [0, 0.05) is 37.3 Å². The molecule has 0 bridgehead atoms. The van der Waals surface area contributed by atoms with Gasteiger partial charge < -0.3 is 10.2 Å². The Hall–Kier alpha value is -0.610. The van der Waals surface area contributed by atoms with Crippen molar-refractivity contribution in [3.8, 4) is 0 Å². The highest BCUT2D eigenvalue weighted by Gasteiger charge is 2.09. The summed E-state index contributed by atoms with van der Waals surface area (Å²) in [6.07, 6.45) is 3.21. The molecule has 0 aromatic carbocycles. The van der Waals surface area contributed by atoms with Crippen molar-refractivity contribution in [2.75, 3.05) is 18.5 Å². The lowest BCUT2D eigenvalue weighted by atomic mass is 10.1. The SMILES string of the molecule is CCC(C)CN(C)c1ncc(CNC(C)C)s1. The molecule has 17 heavy (non-hydrogen) atoms. The van der Waals surface area contributed by atoms with Gasteiger partial charge in [-0.15, -0.1) is 11.3 Å². The summed E-state index contributed by atoms with van der Waals surface area (Å²) in [6.45, 7) is 10.9. The molecule has 0 amide bonds. The second-order valence-electron chi connectivity index (χ2n) is 5.04. The molecule has 98 valence electrons. The molecule has 1 N–H and O–H groups in total. The highest BCUT2D eigenvalue weighted by molar-refractivity contribution is 7.15. The Bertz CT molecular complexity index is 322. The first-order chi connectivity index (χ1) is 8.02. The van der Waals surface area contributed by atoms with Crippen LogP contribution in [0.15, 0.2) is 6.20 Å². The number of nitrogens with one attached hydrogen (secondary N) is 1. The predicted molar refractivity (Wildman–Crippen MR) is 76.8 cm³/mol. The summed E-state index contributed by atoms with van der Waals surface area (Å²) in [4.78, 5) is 8.06. The number of hydrogen-bond acceptors (Lipinski definition) is 4. The predicted octanol–water partition coefficient (Wildman–Crippen LogP) is 3.12. The van der Waals surface area contributed by atoms with Gasteiger partial charge in [-0.2, -0.15) is 0 Å². The quantitative estimate of drug-likeness (QED) is 0.811. The molecule has 1 rings (SSSR count). The van der Waals surface area contributed by atoms with Crippen LogP contribution >= 0.6 is 11.3 Å². The van der Waals surface area contributed by atoms with Crippen molar-refractivity contribution in [1.29, 1.82) is 0 Å². The zero-order valence-electron chi connectivity index (χ0n) is 11.7. The van der Waals surface area contributed by atoms with Gasteiger partial charge in [-0.05, 0) is 5.92 Å². The zero-order valence-corrected chi connectivity index (χ0v) is 12.5. The molecule has 0 saturated carbocycles. The van der Waals surface area contributed by atoms with E-state index in [1.807, 2.05) is 6.20 Å². The highest BCUT2D eigenvalue weighted by Crippen LogP contribution is 2.22. The number of thiazole rings is 1. The summed E-state index contributed by atoms with van der Waals surface area (Å²) in [5, 5.41) is 4.55. The Morgan fingerprint density at radius 2 is 2.12 bits per heavy atom. The molecular weight excluding hydrogens is 230 g/mol. The number of anilines is 1. The van der Waals surface area contributed by atoms with E-state index in [0.717, 1.165) is 24.1 Å². The van der Waals surface area contributed by atoms with Crippen LogP contribution in [0.4, 0.5) is 5.13 Å². The van der Waals surface area contributed by atoms with Crippen molar-refractivity contribution in [3.05, 3.63) is 11.1 Å². The lowest BCUT2D eigenvalue weighted by molar-refractivity contribution is 0.559. The van der Waals surface area contributed by atoms with E-state index in [1.54, 1.807) is 11.3 Å². The number of nitrogens with zero attached hydrogens (tertiary/aromatic N) is 2. The van der Waals surface area contributed by atoms with Gasteiger partial charge in [-0.3, -0.25) is 0 Å². The van der Waals surface area contributed by atoms with E-state index >= 15 is 0 Å². The lowest BCUT2D eigenvalue weighted by Gasteiger charge is -2.19. The number of hydrogen-bond donors (Lipinski definition) is 1. The molecule has 0 spiro atoms. The second kappa shape index (κ2) is 6.97. The van der Waals surface area contributed by atoms with Crippen LogP contribution < -0.4 is 10.2 Å². The third-order valence-corrected chi connectivity index (χ3v) is 3.95. The van der Waals surface area contributed by atoms with Crippen LogP contribution in [0.25, 0.3) is 0 Å². The topological polar surface area (TPSA) is 28.2 Å². The highest BCUT2D eigenvalue weighted by atomic mass is 32.1. The fraction of sp³-hybridized carbons (Fsp3) is 0.769. The normalized spacial score (nSPS) is 13.1. The van der Waals surface area contributed by atoms with Gasteiger partial charge in [0.15, 0.2) is 5.13 Å². The Labute approximate surface area is 109 Å². The van der Waals surface area contributed by atoms with Crippen molar-refractivity contribution in [3.63, 3.8) is 0 Å². The second-order valence-corrected chi connectivity index (χ2v) is 6.13. The largest absolute Gasteiger partial charge is 0.351 e. The summed E-state index contributed by atoms with van der Waals surface area (Å²) < 4.78 is 0. The molecule has 1 atom stereocenters. The van der Waals surface area contributed by atoms with Gasteiger partial charge >= 0.3 is 0 Å². The molecule has 1 unspecified atom stereocenters. The first-order valence-electron chi connectivity index (χ1n) is 6.42. The van der Waals surface area contributed by atoms with Crippen LogP contribution in [-0.2, 0) is 6.54 Å². The standard InChI is InChI=1S/C13H25N3S/c1-6-11(4)9-16(5)13-15-8-12(17-13)7-14-10(2)3/h8,10-11,14H,6-7,9H2,1-5H3. The van der Waals surface area contributed by atoms with E-state index in [0.29, 0.717) is 6.04 Å². The van der Waals surface area contributed by atoms with Gasteiger partial charge in [0.2, 0.25) is 0 Å². The van der Waals surface area contributed by atoms with Crippen LogP contribution in [0.1, 0.15) is 39.0 Å². The van der Waals surface area contributed by atoms with Crippen LogP contribution in [0.3, 0.4) is 0 Å². The molecule has 3 nitrogen and oxygen atoms in total. The average molecular weight is 255 g/mol. The van der Waals surface area contributed by atoms with Crippen molar-refractivity contribution >= 4 is 16.5 Å². The van der Waals surface area contributed by atoms with E-state index in [2.05, 4.69) is 49.9 Å². The summed E-state index contributed by atoms with van der Waals surface area (Å²) in [5.74, 6) is 0.723. The van der Waals surface area contributed by atoms with Crippen LogP contribution in [0.2, 0.25) is 0 Å². The van der Waals surface area contributed by atoms with Crippen LogP contribution in [0.5, 0.6) is 0 Å². The Morgan fingerprint density at radius 1 is 1.41 bits per heavy atom. The van der Waals surface area contributed by atoms with Crippen molar-refractivity contribution in [1.82, 2.24) is 10.3 Å². The summed E-state index contributed by atoms with van der Waals surface area (Å²) in [6, 6.07) is 0.526. The average Bonchev–Trinajstić information content (AvgIpc) is 2.74. The number of rotatable bonds is 7. The monoisotopic (exact) mass is 255 g/mol. The third-order valence-electron chi connectivity index (χ3n) is 2.83. The maximum atomic E-state index is 4.49. The van der Waals surface area contributed by atoms with Crippen LogP contribution in [0, 0.1) is 5.92 Å². The lowest BCUT2D eigenvalue weighted by Crippen LogP contribution is -2.23. The van der Waals surface area contributed by atoms with Gasteiger partial charge in [-0.25, -0.2) is 4.98 Å². The minimum atomic E-state index is 0.526. The van der Waals surface area contributed by atoms with E-state index in [4.69, 9.17) is 0 Å². The number of aromatic nitrogens is 1. The minimum Gasteiger partial charge on any atom is -0.351 e. The molecular formula is C13H25N3S. The minimum absolute atomic E-state index is 0.526.